The van der Waals surface area contributed by atoms with Crippen molar-refractivity contribution in [3.63, 3.8) is 0 Å². The van der Waals surface area contributed by atoms with Gasteiger partial charge in [0.15, 0.2) is 0 Å². The second kappa shape index (κ2) is 4.97. The Kier molecular flexibility index (Phi) is 4.65. The molecular formula is C7H12O5. The molecule has 0 spiro atoms. The molecule has 2 unspecified atom stereocenters. The highest BCUT2D eigenvalue weighted by atomic mass is 16.3. The zero-order valence-electron chi connectivity index (χ0n) is 6.73. The summed E-state index contributed by atoms with van der Waals surface area (Å²) in [6.45, 7) is 0.584. The Bertz CT molecular complexity index is 175. The molecule has 0 aliphatic heterocycles. The van der Waals surface area contributed by atoms with Gasteiger partial charge in [0.2, 0.25) is 11.6 Å². The predicted molar refractivity (Wildman–Crippen MR) is 39.4 cm³/mol. The fourth-order valence-corrected chi connectivity index (χ4v) is 0.638. The molecule has 5 heteroatoms. The number of aliphatic hydroxyl groups excluding tert-OH is 3. The Labute approximate surface area is 69.6 Å². The first kappa shape index (κ1) is 11.2. The topological polar surface area (TPSA) is 94.8 Å². The third-order valence-corrected chi connectivity index (χ3v) is 1.23. The predicted octanol–water partition coefficient (Wildman–Crippen LogP) is -1.75. The average molecular weight is 176 g/mol. The second-order valence-electron chi connectivity index (χ2n) is 2.54. The molecule has 0 aromatic heterocycles. The van der Waals surface area contributed by atoms with Crippen molar-refractivity contribution in [2.75, 3.05) is 6.61 Å². The van der Waals surface area contributed by atoms with Gasteiger partial charge in [0.25, 0.3) is 0 Å². The van der Waals surface area contributed by atoms with Crippen molar-refractivity contribution in [2.24, 2.45) is 0 Å². The van der Waals surface area contributed by atoms with Crippen LogP contribution in [0.4, 0.5) is 0 Å². The molecule has 0 aliphatic rings. The highest BCUT2D eigenvalue weighted by Crippen LogP contribution is 1.95. The number of hydrogen-bond acceptors (Lipinski definition) is 5. The van der Waals surface area contributed by atoms with Crippen molar-refractivity contribution < 1.29 is 24.9 Å². The normalized spacial score (nSPS) is 15.3. The molecule has 5 nitrogen and oxygen atoms in total. The molecule has 0 heterocycles. The maximum absolute atomic E-state index is 10.8. The summed E-state index contributed by atoms with van der Waals surface area (Å²) in [6, 6.07) is 0. The number of carbonyl (C=O) groups is 2. The van der Waals surface area contributed by atoms with Crippen molar-refractivity contribution in [3.05, 3.63) is 0 Å². The van der Waals surface area contributed by atoms with E-state index in [2.05, 4.69) is 0 Å². The van der Waals surface area contributed by atoms with Gasteiger partial charge < -0.3 is 15.3 Å². The van der Waals surface area contributed by atoms with Crippen LogP contribution in [0.3, 0.4) is 0 Å². The van der Waals surface area contributed by atoms with Crippen molar-refractivity contribution in [2.45, 2.75) is 25.6 Å². The number of carbonyl (C=O) groups excluding carboxylic acids is 2. The van der Waals surface area contributed by atoms with E-state index in [1.165, 1.54) is 6.92 Å². The smallest absolute Gasteiger partial charge is 0.229 e. The van der Waals surface area contributed by atoms with Crippen LogP contribution in [0, 0.1) is 0 Å². The Morgan fingerprint density at radius 1 is 1.33 bits per heavy atom. The lowest BCUT2D eigenvalue weighted by Crippen LogP contribution is -2.32. The van der Waals surface area contributed by atoms with Crippen molar-refractivity contribution >= 4 is 11.6 Å². The van der Waals surface area contributed by atoms with Crippen LogP contribution >= 0.6 is 0 Å². The first-order valence-corrected chi connectivity index (χ1v) is 3.53. The summed E-state index contributed by atoms with van der Waals surface area (Å²) in [4.78, 5) is 21.5. The van der Waals surface area contributed by atoms with Crippen molar-refractivity contribution in [1.82, 2.24) is 0 Å². The fourth-order valence-electron chi connectivity index (χ4n) is 0.638. The third kappa shape index (κ3) is 3.56. The van der Waals surface area contributed by atoms with Gasteiger partial charge in [-0.3, -0.25) is 9.59 Å². The van der Waals surface area contributed by atoms with Crippen LogP contribution in [0.1, 0.15) is 13.3 Å². The molecule has 2 atom stereocenters. The monoisotopic (exact) mass is 176 g/mol. The highest BCUT2D eigenvalue weighted by Gasteiger charge is 2.22. The quantitative estimate of drug-likeness (QED) is 0.432. The van der Waals surface area contributed by atoms with Gasteiger partial charge in [0.1, 0.15) is 6.10 Å². The van der Waals surface area contributed by atoms with E-state index < -0.39 is 30.4 Å². The molecule has 0 aromatic carbocycles. The van der Waals surface area contributed by atoms with Crippen LogP contribution in [0.15, 0.2) is 0 Å². The van der Waals surface area contributed by atoms with E-state index in [1.807, 2.05) is 0 Å². The highest BCUT2D eigenvalue weighted by molar-refractivity contribution is 6.38. The lowest BCUT2D eigenvalue weighted by Gasteiger charge is -2.05. The molecule has 70 valence electrons. The lowest BCUT2D eigenvalue weighted by atomic mass is 10.1. The first-order chi connectivity index (χ1) is 5.49. The first-order valence-electron chi connectivity index (χ1n) is 3.53. The van der Waals surface area contributed by atoms with E-state index in [4.69, 9.17) is 15.3 Å². The van der Waals surface area contributed by atoms with Crippen LogP contribution in [0.5, 0.6) is 0 Å². The van der Waals surface area contributed by atoms with Crippen LogP contribution in [0.25, 0.3) is 0 Å². The molecular weight excluding hydrogens is 164 g/mol. The zero-order chi connectivity index (χ0) is 9.72. The van der Waals surface area contributed by atoms with E-state index in [9.17, 15) is 9.59 Å². The van der Waals surface area contributed by atoms with Crippen LogP contribution in [-0.4, -0.2) is 45.7 Å². The minimum Gasteiger partial charge on any atom is -0.393 e. The van der Waals surface area contributed by atoms with Gasteiger partial charge in [-0.15, -0.1) is 0 Å². The average Bonchev–Trinajstić information content (AvgIpc) is 2.00. The lowest BCUT2D eigenvalue weighted by molar-refractivity contribution is -0.143. The number of Topliss-reactive ketones (excluding diaryl/α,β-unsaturated/α-hetero) is 2. The fraction of sp³-hybridized carbons (Fsp3) is 0.714. The van der Waals surface area contributed by atoms with Crippen molar-refractivity contribution in [1.29, 1.82) is 0 Å². The molecule has 0 saturated carbocycles. The Hall–Kier alpha value is -0.780. The van der Waals surface area contributed by atoms with Crippen LogP contribution in [0.2, 0.25) is 0 Å². The molecule has 0 aliphatic carbocycles. The minimum absolute atomic E-state index is 0.324. The standard InChI is InChI=1S/C7H12O5/c1-4(9)2-5(10)7(12)6(11)3-8/h4,6,8-9,11H,2-3H2,1H3. The number of aliphatic hydroxyl groups is 3. The molecule has 0 saturated heterocycles. The van der Waals surface area contributed by atoms with Gasteiger partial charge in [-0.25, -0.2) is 0 Å². The van der Waals surface area contributed by atoms with Crippen LogP contribution in [-0.2, 0) is 9.59 Å². The Balaban J connectivity index is 4.02. The summed E-state index contributed by atoms with van der Waals surface area (Å²) in [7, 11) is 0. The number of ketones is 2. The summed E-state index contributed by atoms with van der Waals surface area (Å²) >= 11 is 0. The van der Waals surface area contributed by atoms with Gasteiger partial charge in [0.05, 0.1) is 12.7 Å². The van der Waals surface area contributed by atoms with E-state index >= 15 is 0 Å². The summed E-state index contributed by atoms with van der Waals surface area (Å²) in [5, 5.41) is 25.7. The summed E-state index contributed by atoms with van der Waals surface area (Å²) in [6.07, 6.45) is -2.89. The molecule has 0 fully saturated rings. The summed E-state index contributed by atoms with van der Waals surface area (Å²) in [5.41, 5.74) is 0. The molecule has 0 rings (SSSR count). The molecule has 0 bridgehead atoms. The Morgan fingerprint density at radius 3 is 2.17 bits per heavy atom. The largest absolute Gasteiger partial charge is 0.393 e. The molecule has 0 radical (unpaired) electrons. The zero-order valence-corrected chi connectivity index (χ0v) is 6.73. The Morgan fingerprint density at radius 2 is 1.83 bits per heavy atom. The van der Waals surface area contributed by atoms with E-state index in [0.29, 0.717) is 0 Å². The van der Waals surface area contributed by atoms with Gasteiger partial charge in [-0.1, -0.05) is 0 Å². The summed E-state index contributed by atoms with van der Waals surface area (Å²) < 4.78 is 0. The number of rotatable bonds is 5. The third-order valence-electron chi connectivity index (χ3n) is 1.23. The van der Waals surface area contributed by atoms with E-state index in [0.717, 1.165) is 0 Å². The minimum atomic E-state index is -1.66. The van der Waals surface area contributed by atoms with Gasteiger partial charge in [0, 0.05) is 6.42 Å². The SMILES string of the molecule is CC(O)CC(=O)C(=O)C(O)CO. The van der Waals surface area contributed by atoms with Gasteiger partial charge >= 0.3 is 0 Å². The van der Waals surface area contributed by atoms with Gasteiger partial charge in [-0.05, 0) is 6.92 Å². The maximum Gasteiger partial charge on any atom is 0.229 e. The van der Waals surface area contributed by atoms with E-state index in [-0.39, 0.29) is 6.42 Å². The van der Waals surface area contributed by atoms with Crippen LogP contribution < -0.4 is 0 Å². The van der Waals surface area contributed by atoms with E-state index in [1.54, 1.807) is 0 Å². The molecule has 0 amide bonds. The maximum atomic E-state index is 10.8. The molecule has 0 aromatic rings. The molecule has 12 heavy (non-hydrogen) atoms. The summed E-state index contributed by atoms with van der Waals surface area (Å²) in [5.74, 6) is -1.93. The van der Waals surface area contributed by atoms with Crippen molar-refractivity contribution in [3.8, 4) is 0 Å². The second-order valence-corrected chi connectivity index (χ2v) is 2.54. The molecule has 3 N–H and O–H groups in total. The van der Waals surface area contributed by atoms with Gasteiger partial charge in [-0.2, -0.15) is 0 Å². The number of hydrogen-bond donors (Lipinski definition) is 3.